The second-order valence-corrected chi connectivity index (χ2v) is 7.52. The molecule has 180 valence electrons. The van der Waals surface area contributed by atoms with E-state index < -0.39 is 11.8 Å². The van der Waals surface area contributed by atoms with Gasteiger partial charge in [-0.05, 0) is 61.4 Å². The van der Waals surface area contributed by atoms with Crippen molar-refractivity contribution >= 4 is 35.3 Å². The molecule has 9 nitrogen and oxygen atoms in total. The lowest BCUT2D eigenvalue weighted by Crippen LogP contribution is -2.32. The Bertz CT molecular complexity index is 1220. The lowest BCUT2D eigenvalue weighted by Gasteiger charge is -2.11. The average molecular weight is 475 g/mol. The van der Waals surface area contributed by atoms with Gasteiger partial charge >= 0.3 is 11.8 Å². The van der Waals surface area contributed by atoms with Gasteiger partial charge in [0.25, 0.3) is 5.91 Å². The first-order chi connectivity index (χ1) is 16.9. The fourth-order valence-corrected chi connectivity index (χ4v) is 3.13. The summed E-state index contributed by atoms with van der Waals surface area (Å²) in [6, 6.07) is 19.3. The van der Waals surface area contributed by atoms with Gasteiger partial charge < -0.3 is 20.1 Å². The minimum atomic E-state index is -0.916. The molecule has 0 saturated carbocycles. The zero-order valence-corrected chi connectivity index (χ0v) is 19.6. The van der Waals surface area contributed by atoms with E-state index in [0.29, 0.717) is 28.4 Å². The summed E-state index contributed by atoms with van der Waals surface area (Å²) in [4.78, 5) is 36.6. The number of benzene rings is 3. The smallest absolute Gasteiger partial charge is 0.329 e. The first-order valence-corrected chi connectivity index (χ1v) is 10.7. The molecule has 3 N–H and O–H groups in total. The van der Waals surface area contributed by atoms with Crippen molar-refractivity contribution in [3.8, 4) is 11.5 Å². The van der Waals surface area contributed by atoms with Crippen molar-refractivity contribution < 1.29 is 23.9 Å². The molecule has 9 heteroatoms. The molecule has 0 fully saturated rings. The molecule has 0 aliphatic heterocycles. The van der Waals surface area contributed by atoms with Crippen molar-refractivity contribution in [2.45, 2.75) is 13.8 Å². The van der Waals surface area contributed by atoms with Crippen molar-refractivity contribution in [3.05, 3.63) is 83.4 Å². The second-order valence-electron chi connectivity index (χ2n) is 7.52. The molecule has 0 saturated heterocycles. The molecule has 0 aliphatic rings. The van der Waals surface area contributed by atoms with E-state index in [0.717, 1.165) is 11.1 Å². The van der Waals surface area contributed by atoms with Gasteiger partial charge in [-0.25, -0.2) is 5.43 Å². The lowest BCUT2D eigenvalue weighted by molar-refractivity contribution is -0.136. The standard InChI is InChI=1S/C26H26N4O5/c1-17-7-6-8-18(2)24(17)29-25(32)26(33)30-27-15-19-9-4-5-10-22(19)35-16-23(31)28-20-11-13-21(34-3)14-12-20/h4-15H,16H2,1-3H3,(H,28,31)(H,29,32)(H,30,33)/b27-15-. The van der Waals surface area contributed by atoms with Crippen LogP contribution in [-0.4, -0.2) is 37.7 Å². The van der Waals surface area contributed by atoms with Crippen LogP contribution in [0.4, 0.5) is 11.4 Å². The fourth-order valence-electron chi connectivity index (χ4n) is 3.13. The number of hydrogen-bond donors (Lipinski definition) is 3. The van der Waals surface area contributed by atoms with Gasteiger partial charge in [-0.1, -0.05) is 30.3 Å². The van der Waals surface area contributed by atoms with Crippen molar-refractivity contribution in [1.29, 1.82) is 0 Å². The summed E-state index contributed by atoms with van der Waals surface area (Å²) in [5.41, 5.74) is 5.59. The van der Waals surface area contributed by atoms with E-state index in [9.17, 15) is 14.4 Å². The average Bonchev–Trinajstić information content (AvgIpc) is 2.86. The Morgan fingerprint density at radius 2 is 1.54 bits per heavy atom. The van der Waals surface area contributed by atoms with Crippen LogP contribution in [0, 0.1) is 13.8 Å². The maximum absolute atomic E-state index is 12.2. The number of hydrogen-bond acceptors (Lipinski definition) is 6. The maximum Gasteiger partial charge on any atom is 0.329 e. The van der Waals surface area contributed by atoms with Crippen LogP contribution in [0.15, 0.2) is 71.8 Å². The third-order valence-electron chi connectivity index (χ3n) is 4.95. The summed E-state index contributed by atoms with van der Waals surface area (Å²) in [5, 5.41) is 9.17. The number of carbonyl (C=O) groups is 3. The maximum atomic E-state index is 12.2. The van der Waals surface area contributed by atoms with E-state index in [2.05, 4.69) is 21.2 Å². The molecule has 0 radical (unpaired) electrons. The van der Waals surface area contributed by atoms with Gasteiger partial charge in [0, 0.05) is 16.9 Å². The first-order valence-electron chi connectivity index (χ1n) is 10.7. The van der Waals surface area contributed by atoms with E-state index >= 15 is 0 Å². The second kappa shape index (κ2) is 12.0. The molecule has 0 spiro atoms. The highest BCUT2D eigenvalue weighted by molar-refractivity contribution is 6.39. The molecule has 3 rings (SSSR count). The zero-order valence-electron chi connectivity index (χ0n) is 19.6. The Morgan fingerprint density at radius 1 is 0.857 bits per heavy atom. The highest BCUT2D eigenvalue weighted by Gasteiger charge is 2.15. The Morgan fingerprint density at radius 3 is 2.23 bits per heavy atom. The molecular formula is C26H26N4O5. The summed E-state index contributed by atoms with van der Waals surface area (Å²) in [5.74, 6) is -1.03. The zero-order chi connectivity index (χ0) is 25.2. The Labute approximate surface area is 203 Å². The van der Waals surface area contributed by atoms with Crippen LogP contribution in [0.25, 0.3) is 0 Å². The highest BCUT2D eigenvalue weighted by Crippen LogP contribution is 2.19. The van der Waals surface area contributed by atoms with Crippen LogP contribution in [0.1, 0.15) is 16.7 Å². The molecule has 3 amide bonds. The highest BCUT2D eigenvalue weighted by atomic mass is 16.5. The Kier molecular flexibility index (Phi) is 8.55. The van der Waals surface area contributed by atoms with E-state index in [-0.39, 0.29) is 12.5 Å². The van der Waals surface area contributed by atoms with Crippen molar-refractivity contribution in [1.82, 2.24) is 5.43 Å². The number of para-hydroxylation sites is 2. The quantitative estimate of drug-likeness (QED) is 0.263. The van der Waals surface area contributed by atoms with Crippen molar-refractivity contribution in [2.75, 3.05) is 24.4 Å². The molecule has 0 heterocycles. The normalized spacial score (nSPS) is 10.5. The van der Waals surface area contributed by atoms with Gasteiger partial charge in [-0.3, -0.25) is 14.4 Å². The van der Waals surface area contributed by atoms with Gasteiger partial charge in [0.1, 0.15) is 11.5 Å². The molecule has 0 aromatic heterocycles. The first kappa shape index (κ1) is 25.0. The van der Waals surface area contributed by atoms with E-state index in [4.69, 9.17) is 9.47 Å². The van der Waals surface area contributed by atoms with E-state index in [1.165, 1.54) is 6.21 Å². The van der Waals surface area contributed by atoms with Crippen molar-refractivity contribution in [2.24, 2.45) is 5.10 Å². The number of anilines is 2. The summed E-state index contributed by atoms with van der Waals surface area (Å²) < 4.78 is 10.7. The predicted octanol–water partition coefficient (Wildman–Crippen LogP) is 3.42. The number of amides is 3. The summed E-state index contributed by atoms with van der Waals surface area (Å²) in [6.07, 6.45) is 1.33. The monoisotopic (exact) mass is 474 g/mol. The SMILES string of the molecule is COc1ccc(NC(=O)COc2ccccc2/C=N\NC(=O)C(=O)Nc2c(C)cccc2C)cc1. The molecule has 3 aromatic rings. The van der Waals surface area contributed by atoms with E-state index in [1.807, 2.05) is 32.0 Å². The number of rotatable bonds is 8. The number of hydrazone groups is 1. The van der Waals surface area contributed by atoms with Crippen molar-refractivity contribution in [3.63, 3.8) is 0 Å². The van der Waals surface area contributed by atoms with Crippen LogP contribution < -0.4 is 25.5 Å². The molecule has 35 heavy (non-hydrogen) atoms. The number of carbonyl (C=O) groups excluding carboxylic acids is 3. The molecular weight excluding hydrogens is 448 g/mol. The predicted molar refractivity (Wildman–Crippen MR) is 134 cm³/mol. The van der Waals surface area contributed by atoms with E-state index in [1.54, 1.807) is 55.6 Å². The van der Waals surface area contributed by atoms with Gasteiger partial charge in [0.05, 0.1) is 13.3 Å². The lowest BCUT2D eigenvalue weighted by atomic mass is 10.1. The minimum absolute atomic E-state index is 0.235. The Hall–Kier alpha value is -4.66. The fraction of sp³-hybridized carbons (Fsp3) is 0.154. The number of aryl methyl sites for hydroxylation is 2. The number of nitrogens with one attached hydrogen (secondary N) is 3. The Balaban J connectivity index is 1.54. The number of methoxy groups -OCH3 is 1. The molecule has 0 bridgehead atoms. The molecule has 0 aliphatic carbocycles. The topological polar surface area (TPSA) is 118 Å². The largest absolute Gasteiger partial charge is 0.497 e. The van der Waals surface area contributed by atoms with Gasteiger partial charge in [0.15, 0.2) is 6.61 Å². The summed E-state index contributed by atoms with van der Waals surface area (Å²) >= 11 is 0. The third-order valence-corrected chi connectivity index (χ3v) is 4.95. The van der Waals surface area contributed by atoms with Crippen LogP contribution in [0.5, 0.6) is 11.5 Å². The molecule has 0 atom stereocenters. The molecule has 3 aromatic carbocycles. The van der Waals surface area contributed by atoms with Gasteiger partial charge in [-0.2, -0.15) is 5.10 Å². The van der Waals surface area contributed by atoms with Crippen LogP contribution >= 0.6 is 0 Å². The summed E-state index contributed by atoms with van der Waals surface area (Å²) in [6.45, 7) is 3.45. The van der Waals surface area contributed by atoms with Crippen LogP contribution in [-0.2, 0) is 14.4 Å². The number of nitrogens with zero attached hydrogens (tertiary/aromatic N) is 1. The number of ether oxygens (including phenoxy) is 2. The summed E-state index contributed by atoms with van der Waals surface area (Å²) in [7, 11) is 1.56. The molecule has 0 unspecified atom stereocenters. The van der Waals surface area contributed by atoms with Crippen LogP contribution in [0.2, 0.25) is 0 Å². The van der Waals surface area contributed by atoms with Gasteiger partial charge in [-0.15, -0.1) is 0 Å². The third kappa shape index (κ3) is 7.16. The van der Waals surface area contributed by atoms with Gasteiger partial charge in [0.2, 0.25) is 0 Å². The minimum Gasteiger partial charge on any atom is -0.497 e. The van der Waals surface area contributed by atoms with Crippen LogP contribution in [0.3, 0.4) is 0 Å².